The second-order valence-corrected chi connectivity index (χ2v) is 3.96. The lowest BCUT2D eigenvalue weighted by atomic mass is 9.92. The lowest BCUT2D eigenvalue weighted by Gasteiger charge is -2.31. The van der Waals surface area contributed by atoms with Crippen LogP contribution in [0.4, 0.5) is 0 Å². The van der Waals surface area contributed by atoms with Crippen LogP contribution < -0.4 is 5.73 Å². The topological polar surface area (TPSA) is 83.6 Å². The summed E-state index contributed by atoms with van der Waals surface area (Å²) in [6, 6.07) is 0. The maximum absolute atomic E-state index is 11.2. The molecule has 0 aromatic rings. The molecule has 0 spiro atoms. The number of carboxylic acid groups (broad SMARTS) is 1. The van der Waals surface area contributed by atoms with Crippen LogP contribution in [0.1, 0.15) is 25.7 Å². The van der Waals surface area contributed by atoms with Crippen molar-refractivity contribution >= 4 is 11.9 Å². The first-order chi connectivity index (χ1) is 7.13. The minimum absolute atomic E-state index is 0.00770. The number of piperidine rings is 1. The van der Waals surface area contributed by atoms with Gasteiger partial charge in [0, 0.05) is 19.5 Å². The molecule has 0 bridgehead atoms. The Labute approximate surface area is 89.2 Å². The zero-order chi connectivity index (χ0) is 11.3. The highest BCUT2D eigenvalue weighted by Gasteiger charge is 2.22. The lowest BCUT2D eigenvalue weighted by Crippen LogP contribution is -2.41. The fourth-order valence-corrected chi connectivity index (χ4v) is 1.93. The fraction of sp³-hybridized carbons (Fsp3) is 0.800. The van der Waals surface area contributed by atoms with Crippen LogP contribution in [-0.4, -0.2) is 41.5 Å². The molecule has 1 fully saturated rings. The third kappa shape index (κ3) is 3.87. The van der Waals surface area contributed by atoms with E-state index < -0.39 is 5.97 Å². The third-order valence-electron chi connectivity index (χ3n) is 2.91. The molecule has 5 nitrogen and oxygen atoms in total. The summed E-state index contributed by atoms with van der Waals surface area (Å²) in [5, 5.41) is 8.54. The Morgan fingerprint density at radius 3 is 2.40 bits per heavy atom. The van der Waals surface area contributed by atoms with Gasteiger partial charge in [-0.2, -0.15) is 0 Å². The number of nitrogens with zero attached hydrogens (tertiary/aromatic N) is 1. The number of aliphatic carboxylic acids is 1. The van der Waals surface area contributed by atoms with E-state index in [-0.39, 0.29) is 18.9 Å². The average molecular weight is 214 g/mol. The molecule has 0 aromatic heterocycles. The molecular weight excluding hydrogens is 196 g/mol. The second-order valence-electron chi connectivity index (χ2n) is 3.96. The summed E-state index contributed by atoms with van der Waals surface area (Å²) in [6.07, 6.45) is 2.76. The van der Waals surface area contributed by atoms with Gasteiger partial charge in [-0.3, -0.25) is 9.59 Å². The first-order valence-corrected chi connectivity index (χ1v) is 5.33. The molecule has 0 aromatic carbocycles. The van der Waals surface area contributed by atoms with Crippen molar-refractivity contribution in [3.63, 3.8) is 0 Å². The summed E-state index contributed by atoms with van der Waals surface area (Å²) in [4.78, 5) is 23.4. The Morgan fingerprint density at radius 1 is 1.33 bits per heavy atom. The number of carbonyl (C=O) groups is 2. The Bertz CT molecular complexity index is 235. The number of hydrogen-bond acceptors (Lipinski definition) is 3. The minimum atomic E-state index is -0.740. The molecule has 1 aliphatic heterocycles. The highest BCUT2D eigenvalue weighted by atomic mass is 16.4. The van der Waals surface area contributed by atoms with Gasteiger partial charge in [0.15, 0.2) is 0 Å². The largest absolute Gasteiger partial charge is 0.481 e. The van der Waals surface area contributed by atoms with Crippen molar-refractivity contribution in [3.8, 4) is 0 Å². The van der Waals surface area contributed by atoms with Crippen LogP contribution >= 0.6 is 0 Å². The smallest absolute Gasteiger partial charge is 0.303 e. The van der Waals surface area contributed by atoms with Crippen molar-refractivity contribution in [2.75, 3.05) is 19.6 Å². The highest BCUT2D eigenvalue weighted by Crippen LogP contribution is 2.21. The van der Waals surface area contributed by atoms with Gasteiger partial charge in [0.1, 0.15) is 0 Å². The molecule has 15 heavy (non-hydrogen) atoms. The standard InChI is InChI=1S/C10H18N2O3/c11-7-9(13)12-5-3-8(4-6-12)1-2-10(14)15/h8H,1-7,11H2,(H,14,15). The first kappa shape index (κ1) is 12.0. The van der Waals surface area contributed by atoms with Gasteiger partial charge < -0.3 is 15.7 Å². The predicted octanol–water partition coefficient (Wildman–Crippen LogP) is 0.0485. The van der Waals surface area contributed by atoms with Crippen LogP contribution in [0.15, 0.2) is 0 Å². The van der Waals surface area contributed by atoms with Crippen LogP contribution in [0.3, 0.4) is 0 Å². The SMILES string of the molecule is NCC(=O)N1CCC(CCC(=O)O)CC1. The molecule has 1 saturated heterocycles. The van der Waals surface area contributed by atoms with Crippen LogP contribution in [-0.2, 0) is 9.59 Å². The summed E-state index contributed by atoms with van der Waals surface area (Å²) < 4.78 is 0. The zero-order valence-electron chi connectivity index (χ0n) is 8.82. The van der Waals surface area contributed by atoms with E-state index in [0.29, 0.717) is 5.92 Å². The van der Waals surface area contributed by atoms with E-state index in [1.165, 1.54) is 0 Å². The van der Waals surface area contributed by atoms with Crippen LogP contribution in [0.25, 0.3) is 0 Å². The van der Waals surface area contributed by atoms with Gasteiger partial charge in [0.25, 0.3) is 0 Å². The number of likely N-dealkylation sites (tertiary alicyclic amines) is 1. The molecule has 1 rings (SSSR count). The van der Waals surface area contributed by atoms with Crippen molar-refractivity contribution in [1.29, 1.82) is 0 Å². The molecule has 5 heteroatoms. The van der Waals surface area contributed by atoms with Crippen LogP contribution in [0.2, 0.25) is 0 Å². The monoisotopic (exact) mass is 214 g/mol. The zero-order valence-corrected chi connectivity index (χ0v) is 8.82. The van der Waals surface area contributed by atoms with E-state index in [1.54, 1.807) is 4.90 Å². The van der Waals surface area contributed by atoms with E-state index in [4.69, 9.17) is 10.8 Å². The number of hydrogen-bond donors (Lipinski definition) is 2. The maximum atomic E-state index is 11.2. The number of carboxylic acids is 1. The molecule has 0 radical (unpaired) electrons. The predicted molar refractivity (Wildman–Crippen MR) is 55.2 cm³/mol. The molecule has 0 atom stereocenters. The van der Waals surface area contributed by atoms with Gasteiger partial charge in [-0.1, -0.05) is 0 Å². The van der Waals surface area contributed by atoms with Crippen LogP contribution in [0, 0.1) is 5.92 Å². The minimum Gasteiger partial charge on any atom is -0.481 e. The molecule has 1 heterocycles. The maximum Gasteiger partial charge on any atom is 0.303 e. The van der Waals surface area contributed by atoms with Crippen molar-refractivity contribution in [2.45, 2.75) is 25.7 Å². The van der Waals surface area contributed by atoms with Crippen molar-refractivity contribution in [1.82, 2.24) is 4.90 Å². The average Bonchev–Trinajstić information content (AvgIpc) is 2.26. The summed E-state index contributed by atoms with van der Waals surface area (Å²) in [5.74, 6) is -0.301. The van der Waals surface area contributed by atoms with Gasteiger partial charge in [-0.15, -0.1) is 0 Å². The van der Waals surface area contributed by atoms with Gasteiger partial charge in [-0.25, -0.2) is 0 Å². The summed E-state index contributed by atoms with van der Waals surface area (Å²) in [6.45, 7) is 1.51. The summed E-state index contributed by atoms with van der Waals surface area (Å²) >= 11 is 0. The Balaban J connectivity index is 2.23. The first-order valence-electron chi connectivity index (χ1n) is 5.33. The molecule has 3 N–H and O–H groups in total. The van der Waals surface area contributed by atoms with Crippen molar-refractivity contribution in [2.24, 2.45) is 11.7 Å². The molecule has 0 unspecified atom stereocenters. The Morgan fingerprint density at radius 2 is 1.93 bits per heavy atom. The highest BCUT2D eigenvalue weighted by molar-refractivity contribution is 5.78. The number of rotatable bonds is 4. The molecule has 1 amide bonds. The number of nitrogens with two attached hydrogens (primary N) is 1. The molecule has 1 aliphatic rings. The van der Waals surface area contributed by atoms with Crippen molar-refractivity contribution in [3.05, 3.63) is 0 Å². The quantitative estimate of drug-likeness (QED) is 0.692. The summed E-state index contributed by atoms with van der Waals surface area (Å²) in [7, 11) is 0. The molecule has 86 valence electrons. The normalized spacial score (nSPS) is 17.8. The number of amides is 1. The van der Waals surface area contributed by atoms with E-state index in [9.17, 15) is 9.59 Å². The van der Waals surface area contributed by atoms with Gasteiger partial charge >= 0.3 is 5.97 Å². The fourth-order valence-electron chi connectivity index (χ4n) is 1.93. The van der Waals surface area contributed by atoms with E-state index >= 15 is 0 Å². The Kier molecular flexibility index (Phi) is 4.55. The van der Waals surface area contributed by atoms with Crippen molar-refractivity contribution < 1.29 is 14.7 Å². The van der Waals surface area contributed by atoms with E-state index in [0.717, 1.165) is 32.4 Å². The third-order valence-corrected chi connectivity index (χ3v) is 2.91. The number of carbonyl (C=O) groups excluding carboxylic acids is 1. The van der Waals surface area contributed by atoms with Gasteiger partial charge in [0.05, 0.1) is 6.54 Å². The van der Waals surface area contributed by atoms with Gasteiger partial charge in [0.2, 0.25) is 5.91 Å². The van der Waals surface area contributed by atoms with Crippen LogP contribution in [0.5, 0.6) is 0 Å². The van der Waals surface area contributed by atoms with Gasteiger partial charge in [-0.05, 0) is 25.2 Å². The van der Waals surface area contributed by atoms with E-state index in [1.807, 2.05) is 0 Å². The molecular formula is C10H18N2O3. The van der Waals surface area contributed by atoms with E-state index in [2.05, 4.69) is 0 Å². The summed E-state index contributed by atoms with van der Waals surface area (Å²) in [5.41, 5.74) is 5.27. The Hall–Kier alpha value is -1.10. The second kappa shape index (κ2) is 5.70. The molecule has 0 aliphatic carbocycles. The lowest BCUT2D eigenvalue weighted by molar-refractivity contribution is -0.138. The molecule has 0 saturated carbocycles.